The highest BCUT2D eigenvalue weighted by molar-refractivity contribution is 5.75. The topological polar surface area (TPSA) is 38.3 Å². The summed E-state index contributed by atoms with van der Waals surface area (Å²) in [7, 11) is 0. The van der Waals surface area contributed by atoms with Gasteiger partial charge in [-0.15, -0.1) is 0 Å². The van der Waals surface area contributed by atoms with Gasteiger partial charge < -0.3 is 10.1 Å². The van der Waals surface area contributed by atoms with Gasteiger partial charge in [-0.25, -0.2) is 0 Å². The number of hydrogen-bond donors (Lipinski definition) is 1. The summed E-state index contributed by atoms with van der Waals surface area (Å²) >= 11 is 0. The summed E-state index contributed by atoms with van der Waals surface area (Å²) in [5.74, 6) is -0.530. The number of rotatable bonds is 5. The van der Waals surface area contributed by atoms with Gasteiger partial charge in [0.25, 0.3) is 0 Å². The number of nitrogens with one attached hydrogen (secondary N) is 1. The summed E-state index contributed by atoms with van der Waals surface area (Å²) in [4.78, 5) is 11.6. The van der Waals surface area contributed by atoms with Gasteiger partial charge in [-0.3, -0.25) is 4.79 Å². The predicted molar refractivity (Wildman–Crippen MR) is 74.0 cm³/mol. The van der Waals surface area contributed by atoms with Crippen molar-refractivity contribution in [3.63, 3.8) is 0 Å². The van der Waals surface area contributed by atoms with Crippen LogP contribution in [0.2, 0.25) is 0 Å². The number of esters is 1. The fraction of sp³-hybridized carbons (Fsp3) is 0.533. The molecule has 18 heavy (non-hydrogen) atoms. The lowest BCUT2D eigenvalue weighted by molar-refractivity contribution is -0.146. The molecule has 2 atom stereocenters. The van der Waals surface area contributed by atoms with Crippen LogP contribution in [0.3, 0.4) is 0 Å². The maximum atomic E-state index is 11.6. The van der Waals surface area contributed by atoms with E-state index in [1.807, 2.05) is 13.8 Å². The molecule has 0 radical (unpaired) electrons. The minimum absolute atomic E-state index is 0.219. The average molecular weight is 249 g/mol. The first kappa shape index (κ1) is 14.6. The molecule has 0 aliphatic heterocycles. The van der Waals surface area contributed by atoms with Crippen LogP contribution in [0.4, 0.5) is 0 Å². The van der Waals surface area contributed by atoms with Crippen molar-refractivity contribution in [3.8, 4) is 0 Å². The molecule has 0 aromatic rings. The van der Waals surface area contributed by atoms with Crippen molar-refractivity contribution in [2.24, 2.45) is 5.92 Å². The van der Waals surface area contributed by atoms with Crippen LogP contribution >= 0.6 is 0 Å². The second-order valence-corrected chi connectivity index (χ2v) is 4.61. The van der Waals surface area contributed by atoms with Gasteiger partial charge in [-0.05, 0) is 33.6 Å². The molecule has 0 aromatic carbocycles. The van der Waals surface area contributed by atoms with E-state index in [1.165, 1.54) is 5.57 Å². The van der Waals surface area contributed by atoms with Gasteiger partial charge in [0.1, 0.15) is 0 Å². The van der Waals surface area contributed by atoms with Gasteiger partial charge in [-0.1, -0.05) is 30.4 Å². The van der Waals surface area contributed by atoms with Gasteiger partial charge >= 0.3 is 5.97 Å². The van der Waals surface area contributed by atoms with Crippen molar-refractivity contribution < 1.29 is 9.53 Å². The fourth-order valence-corrected chi connectivity index (χ4v) is 1.87. The summed E-state index contributed by atoms with van der Waals surface area (Å²) in [6, 6.07) is 0.254. The summed E-state index contributed by atoms with van der Waals surface area (Å²) in [5.41, 5.74) is 1.99. The van der Waals surface area contributed by atoms with E-state index in [2.05, 4.69) is 37.0 Å². The van der Waals surface area contributed by atoms with Crippen LogP contribution in [-0.2, 0) is 9.53 Å². The standard InChI is InChI=1S/C15H23NO2/c1-5-18-15(17)12(3)13(4)16-14-10-8-6-7-9-11(14)2/h6-7,9,12,14,16H,4-5,8,10H2,1-3H3. The Kier molecular flexibility index (Phi) is 5.69. The van der Waals surface area contributed by atoms with E-state index in [-0.39, 0.29) is 17.9 Å². The highest BCUT2D eigenvalue weighted by Gasteiger charge is 2.20. The first-order valence-electron chi connectivity index (χ1n) is 6.51. The summed E-state index contributed by atoms with van der Waals surface area (Å²) in [6.07, 6.45) is 8.39. The van der Waals surface area contributed by atoms with Crippen molar-refractivity contribution in [1.82, 2.24) is 5.32 Å². The number of carbonyl (C=O) groups excluding carboxylic acids is 1. The lowest BCUT2D eigenvalue weighted by atomic mass is 10.0. The van der Waals surface area contributed by atoms with Crippen LogP contribution in [0.1, 0.15) is 33.6 Å². The summed E-state index contributed by atoms with van der Waals surface area (Å²) in [6.45, 7) is 10.1. The van der Waals surface area contributed by atoms with Crippen LogP contribution in [0.5, 0.6) is 0 Å². The molecule has 1 aliphatic carbocycles. The van der Waals surface area contributed by atoms with Crippen molar-refractivity contribution in [2.75, 3.05) is 6.61 Å². The van der Waals surface area contributed by atoms with Crippen molar-refractivity contribution in [3.05, 3.63) is 36.1 Å². The Morgan fingerprint density at radius 3 is 3.06 bits per heavy atom. The van der Waals surface area contributed by atoms with E-state index in [9.17, 15) is 4.79 Å². The maximum absolute atomic E-state index is 11.6. The number of ether oxygens (including phenoxy) is 1. The van der Waals surface area contributed by atoms with Crippen LogP contribution in [0, 0.1) is 5.92 Å². The average Bonchev–Trinajstić information content (AvgIpc) is 2.54. The molecule has 0 spiro atoms. The Morgan fingerprint density at radius 2 is 2.39 bits per heavy atom. The van der Waals surface area contributed by atoms with E-state index in [0.717, 1.165) is 18.5 Å². The van der Waals surface area contributed by atoms with Crippen molar-refractivity contribution in [2.45, 2.75) is 39.7 Å². The third-order valence-corrected chi connectivity index (χ3v) is 3.19. The Morgan fingerprint density at radius 1 is 1.67 bits per heavy atom. The Bertz CT molecular complexity index is 369. The van der Waals surface area contributed by atoms with E-state index >= 15 is 0 Å². The molecule has 100 valence electrons. The zero-order valence-electron chi connectivity index (χ0n) is 11.5. The molecule has 1 aliphatic rings. The highest BCUT2D eigenvalue weighted by atomic mass is 16.5. The predicted octanol–water partition coefficient (Wildman–Crippen LogP) is 2.95. The van der Waals surface area contributed by atoms with Crippen molar-refractivity contribution >= 4 is 5.97 Å². The van der Waals surface area contributed by atoms with Gasteiger partial charge in [0, 0.05) is 11.7 Å². The minimum atomic E-state index is -0.311. The summed E-state index contributed by atoms with van der Waals surface area (Å²) < 4.78 is 5.00. The Labute approximate surface area is 110 Å². The minimum Gasteiger partial charge on any atom is -0.465 e. The highest BCUT2D eigenvalue weighted by Crippen LogP contribution is 2.17. The fourth-order valence-electron chi connectivity index (χ4n) is 1.87. The van der Waals surface area contributed by atoms with Crippen LogP contribution in [-0.4, -0.2) is 18.6 Å². The third kappa shape index (κ3) is 4.06. The van der Waals surface area contributed by atoms with E-state index in [4.69, 9.17) is 4.74 Å². The smallest absolute Gasteiger partial charge is 0.314 e. The number of carbonyl (C=O) groups is 1. The zero-order chi connectivity index (χ0) is 13.5. The SMILES string of the molecule is C=C(NC1CCC=CC=C1C)C(C)C(=O)OCC. The quantitative estimate of drug-likeness (QED) is 0.761. The molecule has 2 unspecified atom stereocenters. The van der Waals surface area contributed by atoms with Crippen LogP contribution < -0.4 is 5.32 Å². The van der Waals surface area contributed by atoms with Gasteiger partial charge in [-0.2, -0.15) is 0 Å². The first-order valence-corrected chi connectivity index (χ1v) is 6.51. The zero-order valence-corrected chi connectivity index (χ0v) is 11.5. The van der Waals surface area contributed by atoms with E-state index in [1.54, 1.807) is 0 Å². The van der Waals surface area contributed by atoms with Crippen LogP contribution in [0.15, 0.2) is 36.1 Å². The first-order chi connectivity index (χ1) is 8.56. The third-order valence-electron chi connectivity index (χ3n) is 3.19. The Hall–Kier alpha value is -1.51. The molecule has 0 heterocycles. The van der Waals surface area contributed by atoms with Crippen LogP contribution in [0.25, 0.3) is 0 Å². The molecular weight excluding hydrogens is 226 g/mol. The normalized spacial score (nSPS) is 20.6. The molecule has 0 amide bonds. The van der Waals surface area contributed by atoms with Gasteiger partial charge in [0.2, 0.25) is 0 Å². The molecule has 3 nitrogen and oxygen atoms in total. The molecule has 0 bridgehead atoms. The monoisotopic (exact) mass is 249 g/mol. The van der Waals surface area contributed by atoms with Gasteiger partial charge in [0.15, 0.2) is 0 Å². The largest absolute Gasteiger partial charge is 0.465 e. The lowest BCUT2D eigenvalue weighted by Gasteiger charge is -2.23. The lowest BCUT2D eigenvalue weighted by Crippen LogP contribution is -2.33. The molecule has 1 rings (SSSR count). The van der Waals surface area contributed by atoms with Gasteiger partial charge in [0.05, 0.1) is 12.5 Å². The van der Waals surface area contributed by atoms with E-state index < -0.39 is 0 Å². The molecular formula is C15H23NO2. The second kappa shape index (κ2) is 7.04. The van der Waals surface area contributed by atoms with E-state index in [0.29, 0.717) is 6.61 Å². The molecule has 1 N–H and O–H groups in total. The molecule has 0 aromatic heterocycles. The molecule has 0 saturated heterocycles. The second-order valence-electron chi connectivity index (χ2n) is 4.61. The molecule has 3 heteroatoms. The number of allylic oxidation sites excluding steroid dienone is 3. The van der Waals surface area contributed by atoms with Crippen molar-refractivity contribution in [1.29, 1.82) is 0 Å². The maximum Gasteiger partial charge on any atom is 0.314 e. The molecule has 0 fully saturated rings. The Balaban J connectivity index is 2.56. The summed E-state index contributed by atoms with van der Waals surface area (Å²) in [5, 5.41) is 3.34. The number of hydrogen-bond acceptors (Lipinski definition) is 3. The molecule has 0 saturated carbocycles.